The van der Waals surface area contributed by atoms with Crippen LogP contribution in [-0.2, 0) is 4.79 Å². The topological polar surface area (TPSA) is 20.3 Å². The van der Waals surface area contributed by atoms with Crippen LogP contribution in [-0.4, -0.2) is 18.3 Å². The molecule has 0 fully saturated rings. The molecular weight excluding hydrogens is 242 g/mol. The Morgan fingerprint density at radius 1 is 1.50 bits per heavy atom. The highest BCUT2D eigenvalue weighted by Gasteiger charge is 2.09. The minimum atomic E-state index is 0.132. The van der Waals surface area contributed by atoms with Gasteiger partial charge in [-0.2, -0.15) is 0 Å². The van der Waals surface area contributed by atoms with E-state index in [0.29, 0.717) is 11.8 Å². The Morgan fingerprint density at radius 2 is 2.21 bits per heavy atom. The first-order valence-electron chi connectivity index (χ1n) is 4.54. The summed E-state index contributed by atoms with van der Waals surface area (Å²) in [6.45, 7) is 2.02. The maximum atomic E-state index is 11.6. The minimum absolute atomic E-state index is 0.132. The Morgan fingerprint density at radius 3 is 2.79 bits per heavy atom. The van der Waals surface area contributed by atoms with Gasteiger partial charge in [-0.05, 0) is 24.6 Å². The first-order chi connectivity index (χ1) is 6.65. The van der Waals surface area contributed by atoms with Crippen LogP contribution in [0.4, 0.5) is 5.69 Å². The molecule has 0 spiro atoms. The highest BCUT2D eigenvalue weighted by molar-refractivity contribution is 9.09. The van der Waals surface area contributed by atoms with Crippen molar-refractivity contribution in [3.8, 4) is 0 Å². The molecular formula is C11H14BrNO. The van der Waals surface area contributed by atoms with Gasteiger partial charge in [-0.3, -0.25) is 4.79 Å². The summed E-state index contributed by atoms with van der Waals surface area (Å²) in [7, 11) is 1.81. The van der Waals surface area contributed by atoms with E-state index in [1.165, 1.54) is 5.56 Å². The van der Waals surface area contributed by atoms with Crippen LogP contribution in [0.5, 0.6) is 0 Å². The molecule has 14 heavy (non-hydrogen) atoms. The fourth-order valence-electron chi connectivity index (χ4n) is 1.23. The summed E-state index contributed by atoms with van der Waals surface area (Å²) in [5.41, 5.74) is 2.12. The average molecular weight is 256 g/mol. The molecule has 0 radical (unpaired) electrons. The number of hydrogen-bond acceptors (Lipinski definition) is 1. The molecule has 2 nitrogen and oxygen atoms in total. The van der Waals surface area contributed by atoms with Crippen LogP contribution < -0.4 is 4.90 Å². The van der Waals surface area contributed by atoms with Crippen molar-refractivity contribution >= 4 is 27.5 Å². The van der Waals surface area contributed by atoms with Gasteiger partial charge >= 0.3 is 0 Å². The number of aryl methyl sites for hydroxylation is 1. The van der Waals surface area contributed by atoms with Gasteiger partial charge in [-0.15, -0.1) is 0 Å². The lowest BCUT2D eigenvalue weighted by Crippen LogP contribution is -2.26. The van der Waals surface area contributed by atoms with Crippen LogP contribution in [0.1, 0.15) is 12.0 Å². The second-order valence-electron chi connectivity index (χ2n) is 3.23. The van der Waals surface area contributed by atoms with Gasteiger partial charge in [0.25, 0.3) is 0 Å². The molecule has 0 N–H and O–H groups in total. The van der Waals surface area contributed by atoms with Crippen molar-refractivity contribution in [1.29, 1.82) is 0 Å². The van der Waals surface area contributed by atoms with Gasteiger partial charge < -0.3 is 4.90 Å². The normalized spacial score (nSPS) is 9.93. The van der Waals surface area contributed by atoms with Gasteiger partial charge in [0.15, 0.2) is 0 Å². The Bertz CT molecular complexity index is 325. The number of alkyl halides is 1. The van der Waals surface area contributed by atoms with Crippen LogP contribution in [0.2, 0.25) is 0 Å². The molecule has 3 heteroatoms. The maximum absolute atomic E-state index is 11.6. The monoisotopic (exact) mass is 255 g/mol. The van der Waals surface area contributed by atoms with Crippen molar-refractivity contribution in [3.05, 3.63) is 29.8 Å². The van der Waals surface area contributed by atoms with E-state index in [0.717, 1.165) is 5.69 Å². The Labute approximate surface area is 93.0 Å². The Kier molecular flexibility index (Phi) is 4.14. The number of halogens is 1. The number of anilines is 1. The fraction of sp³-hybridized carbons (Fsp3) is 0.364. The van der Waals surface area contributed by atoms with Gasteiger partial charge in [-0.1, -0.05) is 28.1 Å². The lowest BCUT2D eigenvalue weighted by Gasteiger charge is -2.17. The van der Waals surface area contributed by atoms with Gasteiger partial charge in [0.1, 0.15) is 0 Å². The molecule has 1 aromatic carbocycles. The molecule has 1 rings (SSSR count). The average Bonchev–Trinajstić information content (AvgIpc) is 2.17. The number of nitrogens with zero attached hydrogens (tertiary/aromatic N) is 1. The lowest BCUT2D eigenvalue weighted by molar-refractivity contribution is -0.117. The van der Waals surface area contributed by atoms with E-state index < -0.39 is 0 Å². The highest BCUT2D eigenvalue weighted by atomic mass is 79.9. The van der Waals surface area contributed by atoms with Crippen molar-refractivity contribution in [2.75, 3.05) is 17.3 Å². The third kappa shape index (κ3) is 2.84. The van der Waals surface area contributed by atoms with E-state index in [4.69, 9.17) is 0 Å². The predicted octanol–water partition coefficient (Wildman–Crippen LogP) is 2.74. The number of hydrogen-bond donors (Lipinski definition) is 0. The molecule has 0 unspecified atom stereocenters. The Balaban J connectivity index is 2.78. The summed E-state index contributed by atoms with van der Waals surface area (Å²) in [6.07, 6.45) is 0.532. The maximum Gasteiger partial charge on any atom is 0.227 e. The van der Waals surface area contributed by atoms with Crippen molar-refractivity contribution < 1.29 is 4.79 Å². The fourth-order valence-corrected chi connectivity index (χ4v) is 1.57. The van der Waals surface area contributed by atoms with Crippen LogP contribution in [0.3, 0.4) is 0 Å². The highest BCUT2D eigenvalue weighted by Crippen LogP contribution is 2.15. The molecule has 0 saturated carbocycles. The summed E-state index contributed by atoms with van der Waals surface area (Å²) in [5, 5.41) is 0.710. The zero-order valence-corrected chi connectivity index (χ0v) is 10.0. The van der Waals surface area contributed by atoms with Crippen LogP contribution in [0.15, 0.2) is 24.3 Å². The second kappa shape index (κ2) is 5.15. The van der Waals surface area contributed by atoms with E-state index in [1.54, 1.807) is 11.9 Å². The molecule has 1 amide bonds. The first kappa shape index (κ1) is 11.2. The molecule has 0 saturated heterocycles. The molecule has 0 atom stereocenters. The van der Waals surface area contributed by atoms with Crippen molar-refractivity contribution in [1.82, 2.24) is 0 Å². The van der Waals surface area contributed by atoms with E-state index in [1.807, 2.05) is 31.2 Å². The summed E-state index contributed by atoms with van der Waals surface area (Å²) < 4.78 is 0. The van der Waals surface area contributed by atoms with Gasteiger partial charge in [0, 0.05) is 24.5 Å². The second-order valence-corrected chi connectivity index (χ2v) is 4.02. The largest absolute Gasteiger partial charge is 0.315 e. The minimum Gasteiger partial charge on any atom is -0.315 e. The van der Waals surface area contributed by atoms with E-state index in [9.17, 15) is 4.79 Å². The van der Waals surface area contributed by atoms with E-state index in [-0.39, 0.29) is 5.91 Å². The number of carbonyl (C=O) groups excluding carboxylic acids is 1. The number of amides is 1. The zero-order valence-electron chi connectivity index (χ0n) is 8.46. The smallest absolute Gasteiger partial charge is 0.227 e. The van der Waals surface area contributed by atoms with Crippen LogP contribution in [0, 0.1) is 6.92 Å². The van der Waals surface area contributed by atoms with Crippen LogP contribution >= 0.6 is 15.9 Å². The number of benzene rings is 1. The van der Waals surface area contributed by atoms with Gasteiger partial charge in [-0.25, -0.2) is 0 Å². The number of carbonyl (C=O) groups is 1. The Hall–Kier alpha value is -0.830. The van der Waals surface area contributed by atoms with Gasteiger partial charge in [0.2, 0.25) is 5.91 Å². The van der Waals surface area contributed by atoms with Gasteiger partial charge in [0.05, 0.1) is 0 Å². The molecule has 1 aromatic rings. The van der Waals surface area contributed by atoms with Crippen molar-refractivity contribution in [2.45, 2.75) is 13.3 Å². The zero-order chi connectivity index (χ0) is 10.6. The van der Waals surface area contributed by atoms with E-state index >= 15 is 0 Å². The van der Waals surface area contributed by atoms with E-state index in [2.05, 4.69) is 15.9 Å². The molecule has 76 valence electrons. The van der Waals surface area contributed by atoms with Crippen LogP contribution in [0.25, 0.3) is 0 Å². The molecule has 0 aliphatic carbocycles. The SMILES string of the molecule is Cc1cccc(N(C)C(=O)CCBr)c1. The number of rotatable bonds is 3. The summed E-state index contributed by atoms with van der Waals surface area (Å²) >= 11 is 3.26. The quantitative estimate of drug-likeness (QED) is 0.761. The molecule has 0 aliphatic heterocycles. The molecule has 0 aromatic heterocycles. The van der Waals surface area contributed by atoms with Crippen molar-refractivity contribution in [3.63, 3.8) is 0 Å². The molecule has 0 aliphatic rings. The third-order valence-corrected chi connectivity index (χ3v) is 2.47. The van der Waals surface area contributed by atoms with Crippen molar-refractivity contribution in [2.24, 2.45) is 0 Å². The standard InChI is InChI=1S/C11H14BrNO/c1-9-4-3-5-10(8-9)13(2)11(14)6-7-12/h3-5,8H,6-7H2,1-2H3. The molecule has 0 bridgehead atoms. The summed E-state index contributed by atoms with van der Waals surface area (Å²) in [6, 6.07) is 7.93. The lowest BCUT2D eigenvalue weighted by atomic mass is 10.2. The molecule has 0 heterocycles. The summed E-state index contributed by atoms with van der Waals surface area (Å²) in [5.74, 6) is 0.132. The first-order valence-corrected chi connectivity index (χ1v) is 5.66. The third-order valence-electron chi connectivity index (χ3n) is 2.07. The predicted molar refractivity (Wildman–Crippen MR) is 63.0 cm³/mol. The summed E-state index contributed by atoms with van der Waals surface area (Å²) in [4.78, 5) is 13.2.